The molecule has 3 aromatic rings. The molecule has 1 saturated carbocycles. The molecule has 0 bridgehead atoms. The summed E-state index contributed by atoms with van der Waals surface area (Å²) in [5.41, 5.74) is 0.867. The van der Waals surface area contributed by atoms with Gasteiger partial charge in [0.15, 0.2) is 11.5 Å². The van der Waals surface area contributed by atoms with E-state index in [1.54, 1.807) is 29.2 Å². The molecule has 0 saturated heterocycles. The maximum Gasteiger partial charge on any atom is 0.257 e. The van der Waals surface area contributed by atoms with E-state index in [9.17, 15) is 14.0 Å². The Labute approximate surface area is 178 Å². The SMILES string of the molecule is O=C(c1ccccc1F)N(Cc1cc2cc3c(cc2[nH]c1=O)OCCO3)C1CCCC1. The number of fused-ring (bicyclic) bond motifs is 2. The van der Waals surface area contributed by atoms with Gasteiger partial charge in [0.2, 0.25) is 0 Å². The normalized spacial score (nSPS) is 15.9. The first-order valence-corrected chi connectivity index (χ1v) is 10.6. The van der Waals surface area contributed by atoms with E-state index in [0.717, 1.165) is 31.1 Å². The number of pyridine rings is 1. The third kappa shape index (κ3) is 3.76. The molecule has 7 heteroatoms. The van der Waals surface area contributed by atoms with Crippen molar-refractivity contribution in [3.63, 3.8) is 0 Å². The van der Waals surface area contributed by atoms with Crippen LogP contribution in [0.5, 0.6) is 11.5 Å². The smallest absolute Gasteiger partial charge is 0.257 e. The molecule has 31 heavy (non-hydrogen) atoms. The maximum absolute atomic E-state index is 14.3. The maximum atomic E-state index is 14.3. The highest BCUT2D eigenvalue weighted by molar-refractivity contribution is 5.94. The molecule has 2 aromatic carbocycles. The standard InChI is InChI=1S/C24H23FN2O4/c25-19-8-4-3-7-18(19)24(29)27(17-5-1-2-6-17)14-16-11-15-12-21-22(31-10-9-30-21)13-20(15)26-23(16)28/h3-4,7-8,11-13,17H,1-2,5-6,9-10,14H2,(H,26,28). The topological polar surface area (TPSA) is 71.6 Å². The van der Waals surface area contributed by atoms with Gasteiger partial charge in [-0.2, -0.15) is 0 Å². The second-order valence-electron chi connectivity index (χ2n) is 8.06. The molecule has 1 aliphatic heterocycles. The van der Waals surface area contributed by atoms with E-state index in [2.05, 4.69) is 4.98 Å². The van der Waals surface area contributed by atoms with Crippen LogP contribution < -0.4 is 15.0 Å². The summed E-state index contributed by atoms with van der Waals surface area (Å²) >= 11 is 0. The van der Waals surface area contributed by atoms with Gasteiger partial charge < -0.3 is 19.4 Å². The number of ether oxygens (including phenoxy) is 2. The molecule has 1 fully saturated rings. The molecule has 160 valence electrons. The predicted molar refractivity (Wildman–Crippen MR) is 114 cm³/mol. The summed E-state index contributed by atoms with van der Waals surface area (Å²) in [4.78, 5) is 30.6. The lowest BCUT2D eigenvalue weighted by Crippen LogP contribution is -2.40. The van der Waals surface area contributed by atoms with Crippen molar-refractivity contribution in [2.45, 2.75) is 38.3 Å². The van der Waals surface area contributed by atoms with Crippen molar-refractivity contribution in [1.29, 1.82) is 0 Å². The van der Waals surface area contributed by atoms with Crippen LogP contribution in [0.3, 0.4) is 0 Å². The molecule has 1 aliphatic carbocycles. The van der Waals surface area contributed by atoms with Crippen LogP contribution >= 0.6 is 0 Å². The van der Waals surface area contributed by atoms with Gasteiger partial charge in [0, 0.05) is 23.1 Å². The van der Waals surface area contributed by atoms with Crippen molar-refractivity contribution >= 4 is 16.8 Å². The van der Waals surface area contributed by atoms with Crippen molar-refractivity contribution in [3.05, 3.63) is 69.8 Å². The minimum absolute atomic E-state index is 0.0116. The highest BCUT2D eigenvalue weighted by Crippen LogP contribution is 2.34. The Bertz CT molecular complexity index is 1200. The number of H-pyrrole nitrogens is 1. The van der Waals surface area contributed by atoms with Crippen LogP contribution in [0.1, 0.15) is 41.6 Å². The zero-order valence-electron chi connectivity index (χ0n) is 17.0. The second kappa shape index (κ2) is 8.06. The lowest BCUT2D eigenvalue weighted by molar-refractivity contribution is 0.0659. The van der Waals surface area contributed by atoms with E-state index in [-0.39, 0.29) is 29.6 Å². The van der Waals surface area contributed by atoms with Gasteiger partial charge in [0.1, 0.15) is 19.0 Å². The molecular weight excluding hydrogens is 399 g/mol. The van der Waals surface area contributed by atoms with Gasteiger partial charge in [0.25, 0.3) is 11.5 Å². The molecule has 2 aliphatic rings. The molecular formula is C24H23FN2O4. The molecule has 1 aromatic heterocycles. The van der Waals surface area contributed by atoms with Crippen LogP contribution in [-0.2, 0) is 6.54 Å². The molecule has 6 nitrogen and oxygen atoms in total. The van der Waals surface area contributed by atoms with Gasteiger partial charge in [-0.1, -0.05) is 25.0 Å². The summed E-state index contributed by atoms with van der Waals surface area (Å²) < 4.78 is 25.6. The highest BCUT2D eigenvalue weighted by Gasteiger charge is 2.29. The molecule has 5 rings (SSSR count). The Hall–Kier alpha value is -3.35. The number of hydrogen-bond acceptors (Lipinski definition) is 4. The van der Waals surface area contributed by atoms with Crippen molar-refractivity contribution in [2.75, 3.05) is 13.2 Å². The minimum atomic E-state index is -0.549. The third-order valence-corrected chi connectivity index (χ3v) is 6.06. The Balaban J connectivity index is 1.52. The first-order valence-electron chi connectivity index (χ1n) is 10.6. The first-order chi connectivity index (χ1) is 15.1. The number of aromatic nitrogens is 1. The number of nitrogens with one attached hydrogen (secondary N) is 1. The number of hydrogen-bond donors (Lipinski definition) is 1. The fourth-order valence-corrected chi connectivity index (χ4v) is 4.46. The van der Waals surface area contributed by atoms with Gasteiger partial charge in [-0.3, -0.25) is 9.59 Å². The van der Waals surface area contributed by atoms with Crippen LogP contribution in [0.15, 0.2) is 47.3 Å². The van der Waals surface area contributed by atoms with E-state index < -0.39 is 5.82 Å². The first kappa shape index (κ1) is 19.6. The molecule has 1 N–H and O–H groups in total. The van der Waals surface area contributed by atoms with Gasteiger partial charge >= 0.3 is 0 Å². The van der Waals surface area contributed by atoms with Gasteiger partial charge in [-0.25, -0.2) is 4.39 Å². The lowest BCUT2D eigenvalue weighted by atomic mass is 10.1. The van der Waals surface area contributed by atoms with E-state index in [0.29, 0.717) is 35.8 Å². The number of nitrogens with zero attached hydrogens (tertiary/aromatic N) is 1. The summed E-state index contributed by atoms with van der Waals surface area (Å²) in [6.07, 6.45) is 3.74. The van der Waals surface area contributed by atoms with Crippen LogP contribution in [-0.4, -0.2) is 35.0 Å². The number of rotatable bonds is 4. The Kier molecular flexibility index (Phi) is 5.10. The van der Waals surface area contributed by atoms with Crippen LogP contribution in [0.2, 0.25) is 0 Å². The number of aromatic amines is 1. The third-order valence-electron chi connectivity index (χ3n) is 6.06. The molecule has 1 amide bonds. The quantitative estimate of drug-likeness (QED) is 0.689. The number of amides is 1. The second-order valence-corrected chi connectivity index (χ2v) is 8.06. The van der Waals surface area contributed by atoms with Crippen LogP contribution in [0.4, 0.5) is 4.39 Å². The van der Waals surface area contributed by atoms with Crippen LogP contribution in [0.25, 0.3) is 10.9 Å². The van der Waals surface area contributed by atoms with Crippen molar-refractivity contribution in [1.82, 2.24) is 9.88 Å². The Morgan fingerprint density at radius 3 is 2.52 bits per heavy atom. The zero-order chi connectivity index (χ0) is 21.4. The van der Waals surface area contributed by atoms with Crippen molar-refractivity contribution in [2.24, 2.45) is 0 Å². The lowest BCUT2D eigenvalue weighted by Gasteiger charge is -2.29. The number of carbonyl (C=O) groups excluding carboxylic acids is 1. The van der Waals surface area contributed by atoms with Crippen molar-refractivity contribution < 1.29 is 18.7 Å². The average molecular weight is 422 g/mol. The van der Waals surface area contributed by atoms with Gasteiger partial charge in [-0.05, 0) is 37.1 Å². The van der Waals surface area contributed by atoms with E-state index in [4.69, 9.17) is 9.47 Å². The number of halogens is 1. The van der Waals surface area contributed by atoms with Gasteiger partial charge in [0.05, 0.1) is 17.6 Å². The summed E-state index contributed by atoms with van der Waals surface area (Å²) in [7, 11) is 0. The molecule has 0 atom stereocenters. The van der Waals surface area contributed by atoms with E-state index in [1.165, 1.54) is 12.1 Å². The number of benzene rings is 2. The van der Waals surface area contributed by atoms with E-state index in [1.807, 2.05) is 6.07 Å². The molecule has 2 heterocycles. The number of carbonyl (C=O) groups is 1. The molecule has 0 radical (unpaired) electrons. The highest BCUT2D eigenvalue weighted by atomic mass is 19.1. The molecule has 0 spiro atoms. The minimum Gasteiger partial charge on any atom is -0.486 e. The average Bonchev–Trinajstić information content (AvgIpc) is 3.31. The van der Waals surface area contributed by atoms with Crippen LogP contribution in [0, 0.1) is 5.82 Å². The monoisotopic (exact) mass is 422 g/mol. The fourth-order valence-electron chi connectivity index (χ4n) is 4.46. The largest absolute Gasteiger partial charge is 0.486 e. The Morgan fingerprint density at radius 2 is 1.77 bits per heavy atom. The van der Waals surface area contributed by atoms with E-state index >= 15 is 0 Å². The predicted octanol–water partition coefficient (Wildman–Crippen LogP) is 4.02. The summed E-state index contributed by atoms with van der Waals surface area (Å²) in [5.74, 6) is 0.301. The summed E-state index contributed by atoms with van der Waals surface area (Å²) in [5, 5.41) is 0.795. The summed E-state index contributed by atoms with van der Waals surface area (Å²) in [6.45, 7) is 1.06. The Morgan fingerprint density at radius 1 is 1.06 bits per heavy atom. The van der Waals surface area contributed by atoms with Crippen molar-refractivity contribution in [3.8, 4) is 11.5 Å². The zero-order valence-corrected chi connectivity index (χ0v) is 17.0. The molecule has 0 unspecified atom stereocenters. The fraction of sp³-hybridized carbons (Fsp3) is 0.333. The summed E-state index contributed by atoms with van der Waals surface area (Å²) in [6, 6.07) is 11.4. The van der Waals surface area contributed by atoms with Gasteiger partial charge in [-0.15, -0.1) is 0 Å².